The van der Waals surface area contributed by atoms with E-state index >= 15 is 0 Å². The minimum Gasteiger partial charge on any atom is -0.494 e. The van der Waals surface area contributed by atoms with Crippen molar-refractivity contribution in [2.75, 3.05) is 46.4 Å². The van der Waals surface area contributed by atoms with Crippen molar-refractivity contribution in [1.29, 1.82) is 0 Å². The molecule has 3 aliphatic rings. The number of piperazine rings is 1. The number of aryl methyl sites for hydroxylation is 1. The SMILES string of the molecule is CCc1cccc(Cn2cc(C(=O)NC3=CCC(=O)C(C4=Cc5cc(OCCCN6CCN(C)CC6)ccc5C4)=C3)cn2)c1. The second-order valence-electron chi connectivity index (χ2n) is 12.0. The van der Waals surface area contributed by atoms with Gasteiger partial charge in [-0.05, 0) is 72.3 Å². The van der Waals surface area contributed by atoms with Crippen molar-refractivity contribution in [1.82, 2.24) is 24.9 Å². The van der Waals surface area contributed by atoms with E-state index in [-0.39, 0.29) is 18.1 Å². The van der Waals surface area contributed by atoms with Crippen molar-refractivity contribution in [3.05, 3.63) is 112 Å². The number of Topliss-reactive ketones (excluding diaryl/α,β-unsaturated/α-hetero) is 1. The largest absolute Gasteiger partial charge is 0.494 e. The molecule has 1 aliphatic heterocycles. The first-order valence-electron chi connectivity index (χ1n) is 15.7. The molecule has 0 unspecified atom stereocenters. The van der Waals surface area contributed by atoms with Crippen LogP contribution in [0.5, 0.6) is 5.75 Å². The lowest BCUT2D eigenvalue weighted by Crippen LogP contribution is -2.44. The molecule has 2 aliphatic carbocycles. The molecule has 1 N–H and O–H groups in total. The molecule has 2 heterocycles. The number of nitrogens with one attached hydrogen (secondary N) is 1. The predicted molar refractivity (Wildman–Crippen MR) is 173 cm³/mol. The number of ether oxygens (including phenoxy) is 1. The van der Waals surface area contributed by atoms with Crippen molar-refractivity contribution in [3.8, 4) is 5.75 Å². The Balaban J connectivity index is 1.04. The van der Waals surface area contributed by atoms with Gasteiger partial charge in [-0.3, -0.25) is 14.3 Å². The maximum absolute atomic E-state index is 13.1. The van der Waals surface area contributed by atoms with Gasteiger partial charge in [-0.1, -0.05) is 49.4 Å². The molecule has 44 heavy (non-hydrogen) atoms. The summed E-state index contributed by atoms with van der Waals surface area (Å²) in [6, 6.07) is 14.6. The van der Waals surface area contributed by atoms with E-state index in [2.05, 4.69) is 70.6 Å². The Labute approximate surface area is 259 Å². The number of carbonyl (C=O) groups is 2. The molecule has 8 heteroatoms. The number of rotatable bonds is 11. The van der Waals surface area contributed by atoms with Gasteiger partial charge in [0.15, 0.2) is 5.78 Å². The number of ketones is 1. The van der Waals surface area contributed by atoms with Crippen molar-refractivity contribution < 1.29 is 14.3 Å². The fourth-order valence-electron chi connectivity index (χ4n) is 6.00. The van der Waals surface area contributed by atoms with Gasteiger partial charge in [0, 0.05) is 56.6 Å². The number of amides is 1. The van der Waals surface area contributed by atoms with Gasteiger partial charge < -0.3 is 19.9 Å². The summed E-state index contributed by atoms with van der Waals surface area (Å²) in [7, 11) is 2.18. The monoisotopic (exact) mass is 591 g/mol. The Hall–Kier alpha value is -4.27. The van der Waals surface area contributed by atoms with Crippen LogP contribution in [0.2, 0.25) is 0 Å². The van der Waals surface area contributed by atoms with E-state index in [1.54, 1.807) is 29.2 Å². The minimum absolute atomic E-state index is 0.0598. The first-order valence-corrected chi connectivity index (χ1v) is 15.7. The lowest BCUT2D eigenvalue weighted by molar-refractivity contribution is -0.114. The van der Waals surface area contributed by atoms with E-state index in [0.29, 0.717) is 36.4 Å². The van der Waals surface area contributed by atoms with Crippen molar-refractivity contribution in [2.45, 2.75) is 39.2 Å². The van der Waals surface area contributed by atoms with Crippen LogP contribution < -0.4 is 10.1 Å². The van der Waals surface area contributed by atoms with Gasteiger partial charge in [-0.2, -0.15) is 5.10 Å². The van der Waals surface area contributed by atoms with E-state index in [4.69, 9.17) is 4.74 Å². The molecule has 0 bridgehead atoms. The second kappa shape index (κ2) is 13.6. The molecule has 0 spiro atoms. The molecule has 6 rings (SSSR count). The highest BCUT2D eigenvalue weighted by Crippen LogP contribution is 2.34. The molecule has 1 amide bonds. The first-order chi connectivity index (χ1) is 21.4. The van der Waals surface area contributed by atoms with Crippen LogP contribution in [-0.4, -0.2) is 77.6 Å². The highest BCUT2D eigenvalue weighted by molar-refractivity contribution is 6.04. The van der Waals surface area contributed by atoms with Crippen LogP contribution in [-0.2, 0) is 24.2 Å². The topological polar surface area (TPSA) is 79.7 Å². The van der Waals surface area contributed by atoms with Crippen molar-refractivity contribution >= 4 is 17.8 Å². The summed E-state index contributed by atoms with van der Waals surface area (Å²) in [6.07, 6.45) is 11.9. The third-order valence-corrected chi connectivity index (χ3v) is 8.66. The van der Waals surface area contributed by atoms with Gasteiger partial charge in [0.1, 0.15) is 5.75 Å². The fourth-order valence-corrected chi connectivity index (χ4v) is 6.00. The minimum atomic E-state index is -0.243. The number of hydrogen-bond donors (Lipinski definition) is 1. The van der Waals surface area contributed by atoms with Crippen LogP contribution in [0.25, 0.3) is 6.08 Å². The zero-order valence-corrected chi connectivity index (χ0v) is 25.7. The summed E-state index contributed by atoms with van der Waals surface area (Å²) in [6.45, 7) is 8.97. The third-order valence-electron chi connectivity index (χ3n) is 8.66. The molecule has 2 aromatic carbocycles. The zero-order chi connectivity index (χ0) is 30.5. The molecule has 1 fully saturated rings. The molecule has 1 saturated heterocycles. The van der Waals surface area contributed by atoms with Crippen LogP contribution in [0.4, 0.5) is 0 Å². The second-order valence-corrected chi connectivity index (χ2v) is 12.0. The number of hydrogen-bond acceptors (Lipinski definition) is 6. The Kier molecular flexibility index (Phi) is 9.19. The average Bonchev–Trinajstić information content (AvgIpc) is 3.68. The Bertz CT molecular complexity index is 1620. The maximum Gasteiger partial charge on any atom is 0.258 e. The van der Waals surface area contributed by atoms with Crippen LogP contribution in [0.1, 0.15) is 52.4 Å². The Morgan fingerprint density at radius 2 is 1.89 bits per heavy atom. The van der Waals surface area contributed by atoms with E-state index in [0.717, 1.165) is 68.0 Å². The summed E-state index contributed by atoms with van der Waals surface area (Å²) >= 11 is 0. The van der Waals surface area contributed by atoms with Gasteiger partial charge in [0.25, 0.3) is 5.91 Å². The first kappa shape index (κ1) is 29.8. The summed E-state index contributed by atoms with van der Waals surface area (Å²) in [5.41, 5.74) is 7.42. The Morgan fingerprint density at radius 1 is 1.05 bits per heavy atom. The van der Waals surface area contributed by atoms with Gasteiger partial charge in [0.05, 0.1) is 24.9 Å². The Morgan fingerprint density at radius 3 is 2.73 bits per heavy atom. The lowest BCUT2D eigenvalue weighted by Gasteiger charge is -2.32. The maximum atomic E-state index is 13.1. The van der Waals surface area contributed by atoms with Gasteiger partial charge >= 0.3 is 0 Å². The summed E-state index contributed by atoms with van der Waals surface area (Å²) in [5, 5.41) is 7.37. The van der Waals surface area contributed by atoms with E-state index in [1.165, 1.54) is 11.1 Å². The zero-order valence-electron chi connectivity index (χ0n) is 25.7. The number of benzene rings is 2. The van der Waals surface area contributed by atoms with E-state index < -0.39 is 0 Å². The molecule has 0 radical (unpaired) electrons. The number of allylic oxidation sites excluding steroid dienone is 4. The van der Waals surface area contributed by atoms with E-state index in [1.807, 2.05) is 12.1 Å². The molecule has 8 nitrogen and oxygen atoms in total. The summed E-state index contributed by atoms with van der Waals surface area (Å²) in [5.74, 6) is 0.674. The molecule has 1 aromatic heterocycles. The molecule has 3 aromatic rings. The van der Waals surface area contributed by atoms with Gasteiger partial charge in [-0.15, -0.1) is 0 Å². The highest BCUT2D eigenvalue weighted by Gasteiger charge is 2.24. The number of aromatic nitrogens is 2. The summed E-state index contributed by atoms with van der Waals surface area (Å²) < 4.78 is 7.86. The van der Waals surface area contributed by atoms with Crippen molar-refractivity contribution in [2.24, 2.45) is 0 Å². The summed E-state index contributed by atoms with van der Waals surface area (Å²) in [4.78, 5) is 30.9. The number of fused-ring (bicyclic) bond motifs is 1. The molecular weight excluding hydrogens is 550 g/mol. The van der Waals surface area contributed by atoms with Crippen LogP contribution in [0.3, 0.4) is 0 Å². The van der Waals surface area contributed by atoms with E-state index in [9.17, 15) is 9.59 Å². The highest BCUT2D eigenvalue weighted by atomic mass is 16.5. The van der Waals surface area contributed by atoms with Crippen LogP contribution >= 0.6 is 0 Å². The molecular formula is C36H41N5O3. The lowest BCUT2D eigenvalue weighted by atomic mass is 9.93. The quantitative estimate of drug-likeness (QED) is 0.327. The van der Waals surface area contributed by atoms with Crippen LogP contribution in [0, 0.1) is 0 Å². The number of nitrogens with zero attached hydrogens (tertiary/aromatic N) is 4. The average molecular weight is 592 g/mol. The smallest absolute Gasteiger partial charge is 0.258 e. The number of likely N-dealkylation sites (N-methyl/N-ethyl adjacent to an activating group) is 1. The van der Waals surface area contributed by atoms with Gasteiger partial charge in [-0.25, -0.2) is 0 Å². The standard InChI is InChI=1S/C36H41N5O3/c1-3-26-6-4-7-27(18-26)24-41-25-31(23-37-41)36(43)38-32-9-11-35(42)34(22-32)30-19-28-8-10-33(21-29(28)20-30)44-17-5-12-40-15-13-39(2)14-16-40/h4,6-10,18,20-23,25H,3,5,11-17,19,24H2,1-2H3,(H,38,43). The van der Waals surface area contributed by atoms with Crippen molar-refractivity contribution in [3.63, 3.8) is 0 Å². The van der Waals surface area contributed by atoms with Crippen LogP contribution in [0.15, 0.2) is 83.9 Å². The molecule has 0 atom stereocenters. The predicted octanol–water partition coefficient (Wildman–Crippen LogP) is 4.66. The normalized spacial score (nSPS) is 17.1. The molecule has 0 saturated carbocycles. The number of carbonyl (C=O) groups excluding carboxylic acids is 2. The molecule has 228 valence electrons. The van der Waals surface area contributed by atoms with Gasteiger partial charge in [0.2, 0.25) is 0 Å². The third kappa shape index (κ3) is 7.26. The fraction of sp³-hybridized carbons (Fsp3) is 0.361.